The van der Waals surface area contributed by atoms with E-state index in [1.807, 2.05) is 48.7 Å². The number of carbonyl (C=O) groups excluding carboxylic acids is 1. The van der Waals surface area contributed by atoms with E-state index in [2.05, 4.69) is 4.98 Å². The Bertz CT molecular complexity index is 685. The van der Waals surface area contributed by atoms with Gasteiger partial charge in [-0.2, -0.15) is 0 Å². The molecule has 0 aliphatic rings. The Balaban J connectivity index is 1.69. The maximum atomic E-state index is 11.9. The molecule has 0 N–H and O–H groups in total. The molecule has 0 amide bonds. The number of nitrogens with zero attached hydrogens (tertiary/aromatic N) is 1. The molecule has 0 bridgehead atoms. The van der Waals surface area contributed by atoms with Crippen molar-refractivity contribution in [3.05, 3.63) is 51.7 Å². The molecule has 2 heterocycles. The third kappa shape index (κ3) is 2.89. The van der Waals surface area contributed by atoms with Gasteiger partial charge in [0, 0.05) is 4.88 Å². The van der Waals surface area contributed by atoms with Gasteiger partial charge in [-0.15, -0.1) is 22.7 Å². The van der Waals surface area contributed by atoms with Crippen LogP contribution in [0.1, 0.15) is 22.9 Å². The number of thiophene rings is 1. The number of carbonyl (C=O) groups is 1. The Morgan fingerprint density at radius 1 is 1.30 bits per heavy atom. The van der Waals surface area contributed by atoms with Crippen LogP contribution in [0.5, 0.6) is 0 Å². The van der Waals surface area contributed by atoms with Crippen molar-refractivity contribution in [1.82, 2.24) is 4.98 Å². The fourth-order valence-corrected chi connectivity index (χ4v) is 3.55. The molecule has 0 radical (unpaired) electrons. The van der Waals surface area contributed by atoms with Gasteiger partial charge in [0.15, 0.2) is 6.10 Å². The first-order chi connectivity index (χ1) is 9.72. The van der Waals surface area contributed by atoms with E-state index in [1.54, 1.807) is 22.7 Å². The molecule has 0 spiro atoms. The van der Waals surface area contributed by atoms with Crippen LogP contribution in [0.4, 0.5) is 0 Å². The largest absolute Gasteiger partial charge is 0.455 e. The van der Waals surface area contributed by atoms with E-state index in [1.165, 1.54) is 0 Å². The van der Waals surface area contributed by atoms with Crippen LogP contribution in [-0.4, -0.2) is 11.0 Å². The molecule has 0 saturated heterocycles. The Kier molecular flexibility index (Phi) is 3.80. The monoisotopic (exact) mass is 303 g/mol. The van der Waals surface area contributed by atoms with Crippen molar-refractivity contribution < 1.29 is 9.53 Å². The molecule has 0 aliphatic heterocycles. The van der Waals surface area contributed by atoms with Crippen LogP contribution in [0.25, 0.3) is 10.2 Å². The molecule has 0 saturated carbocycles. The summed E-state index contributed by atoms with van der Waals surface area (Å²) in [6, 6.07) is 11.8. The predicted octanol–water partition coefficient (Wildman–Crippen LogP) is 4.20. The smallest absolute Gasteiger partial charge is 0.311 e. The fourth-order valence-electron chi connectivity index (χ4n) is 1.91. The van der Waals surface area contributed by atoms with Crippen molar-refractivity contribution in [2.24, 2.45) is 0 Å². The molecule has 0 aliphatic carbocycles. The second kappa shape index (κ2) is 5.73. The zero-order chi connectivity index (χ0) is 13.9. The number of hydrogen-bond acceptors (Lipinski definition) is 5. The summed E-state index contributed by atoms with van der Waals surface area (Å²) in [5, 5.41) is 2.80. The highest BCUT2D eigenvalue weighted by Crippen LogP contribution is 2.28. The third-order valence-electron chi connectivity index (χ3n) is 2.87. The Labute approximate surface area is 124 Å². The van der Waals surface area contributed by atoms with E-state index in [9.17, 15) is 4.79 Å². The maximum Gasteiger partial charge on any atom is 0.311 e. The minimum Gasteiger partial charge on any atom is -0.455 e. The van der Waals surface area contributed by atoms with Crippen LogP contribution in [-0.2, 0) is 16.0 Å². The van der Waals surface area contributed by atoms with Crippen molar-refractivity contribution in [1.29, 1.82) is 0 Å². The van der Waals surface area contributed by atoms with E-state index in [-0.39, 0.29) is 12.1 Å². The highest BCUT2D eigenvalue weighted by Gasteiger charge is 2.16. The topological polar surface area (TPSA) is 39.2 Å². The number of fused-ring (bicyclic) bond motifs is 1. The summed E-state index contributed by atoms with van der Waals surface area (Å²) in [5.74, 6) is -0.209. The Morgan fingerprint density at radius 3 is 2.90 bits per heavy atom. The average molecular weight is 303 g/mol. The number of benzene rings is 1. The standard InChI is InChI=1S/C15H13NO2S2/c1-10(18-14(17)9-11-5-4-8-19-11)15-16-12-6-2-3-7-13(12)20-15/h2-8,10H,9H2,1H3/t10-/m0/s1. The van der Waals surface area contributed by atoms with Gasteiger partial charge in [-0.05, 0) is 30.5 Å². The molecule has 1 aromatic carbocycles. The lowest BCUT2D eigenvalue weighted by molar-refractivity contribution is -0.147. The van der Waals surface area contributed by atoms with Crippen molar-refractivity contribution in [2.75, 3.05) is 0 Å². The van der Waals surface area contributed by atoms with Crippen LogP contribution in [0.15, 0.2) is 41.8 Å². The summed E-state index contributed by atoms with van der Waals surface area (Å²) in [6.07, 6.45) is 0.0206. The zero-order valence-electron chi connectivity index (χ0n) is 10.9. The maximum absolute atomic E-state index is 11.9. The van der Waals surface area contributed by atoms with Crippen LogP contribution in [0.2, 0.25) is 0 Å². The van der Waals surface area contributed by atoms with E-state index >= 15 is 0 Å². The van der Waals surface area contributed by atoms with Gasteiger partial charge in [0.2, 0.25) is 0 Å². The number of rotatable bonds is 4. The number of hydrogen-bond donors (Lipinski definition) is 0. The first kappa shape index (κ1) is 13.3. The molecular formula is C15H13NO2S2. The summed E-state index contributed by atoms with van der Waals surface area (Å²) < 4.78 is 6.57. The van der Waals surface area contributed by atoms with Gasteiger partial charge in [0.05, 0.1) is 16.6 Å². The minimum absolute atomic E-state index is 0.209. The van der Waals surface area contributed by atoms with Crippen LogP contribution >= 0.6 is 22.7 Å². The quantitative estimate of drug-likeness (QED) is 0.678. The number of aromatic nitrogens is 1. The number of ether oxygens (including phenoxy) is 1. The lowest BCUT2D eigenvalue weighted by Crippen LogP contribution is -2.10. The molecule has 102 valence electrons. The van der Waals surface area contributed by atoms with Crippen LogP contribution < -0.4 is 0 Å². The molecule has 5 heteroatoms. The van der Waals surface area contributed by atoms with E-state index in [0.717, 1.165) is 20.1 Å². The summed E-state index contributed by atoms with van der Waals surface area (Å²) in [6.45, 7) is 1.87. The fraction of sp³-hybridized carbons (Fsp3) is 0.200. The van der Waals surface area contributed by atoms with Gasteiger partial charge in [-0.25, -0.2) is 4.98 Å². The summed E-state index contributed by atoms with van der Waals surface area (Å²) in [7, 11) is 0. The van der Waals surface area contributed by atoms with Crippen LogP contribution in [0, 0.1) is 0 Å². The Morgan fingerprint density at radius 2 is 2.15 bits per heavy atom. The van der Waals surface area contributed by atoms with E-state index in [4.69, 9.17) is 4.74 Å². The lowest BCUT2D eigenvalue weighted by atomic mass is 10.3. The highest BCUT2D eigenvalue weighted by atomic mass is 32.1. The normalized spacial score (nSPS) is 12.4. The van der Waals surface area contributed by atoms with Gasteiger partial charge in [0.1, 0.15) is 5.01 Å². The van der Waals surface area contributed by atoms with Crippen molar-refractivity contribution >= 4 is 38.9 Å². The Hall–Kier alpha value is -1.72. The van der Waals surface area contributed by atoms with E-state index in [0.29, 0.717) is 6.42 Å². The molecule has 20 heavy (non-hydrogen) atoms. The second-order valence-electron chi connectivity index (χ2n) is 4.41. The number of para-hydroxylation sites is 1. The average Bonchev–Trinajstić information content (AvgIpc) is 3.06. The molecular weight excluding hydrogens is 290 g/mol. The van der Waals surface area contributed by atoms with Crippen molar-refractivity contribution in [3.63, 3.8) is 0 Å². The SMILES string of the molecule is C[C@H](OC(=O)Cc1cccs1)c1nc2ccccc2s1. The van der Waals surface area contributed by atoms with Gasteiger partial charge in [-0.1, -0.05) is 18.2 Å². The zero-order valence-corrected chi connectivity index (χ0v) is 12.5. The summed E-state index contributed by atoms with van der Waals surface area (Å²) in [5.41, 5.74) is 0.952. The van der Waals surface area contributed by atoms with Crippen molar-refractivity contribution in [3.8, 4) is 0 Å². The minimum atomic E-state index is -0.306. The summed E-state index contributed by atoms with van der Waals surface area (Å²) >= 11 is 3.13. The first-order valence-electron chi connectivity index (χ1n) is 6.30. The van der Waals surface area contributed by atoms with Gasteiger partial charge < -0.3 is 4.74 Å². The first-order valence-corrected chi connectivity index (χ1v) is 7.99. The number of thiazole rings is 1. The van der Waals surface area contributed by atoms with E-state index < -0.39 is 0 Å². The highest BCUT2D eigenvalue weighted by molar-refractivity contribution is 7.18. The molecule has 2 aromatic heterocycles. The molecule has 3 rings (SSSR count). The second-order valence-corrected chi connectivity index (χ2v) is 6.50. The van der Waals surface area contributed by atoms with Gasteiger partial charge in [-0.3, -0.25) is 4.79 Å². The number of esters is 1. The molecule has 0 unspecified atom stereocenters. The molecule has 0 fully saturated rings. The lowest BCUT2D eigenvalue weighted by Gasteiger charge is -2.09. The van der Waals surface area contributed by atoms with Gasteiger partial charge >= 0.3 is 5.97 Å². The molecule has 3 nitrogen and oxygen atoms in total. The van der Waals surface area contributed by atoms with Crippen molar-refractivity contribution in [2.45, 2.75) is 19.4 Å². The molecule has 3 aromatic rings. The third-order valence-corrected chi connectivity index (χ3v) is 4.94. The molecule has 1 atom stereocenters. The predicted molar refractivity (Wildman–Crippen MR) is 82.2 cm³/mol. The summed E-state index contributed by atoms with van der Waals surface area (Å²) in [4.78, 5) is 17.4. The van der Waals surface area contributed by atoms with Gasteiger partial charge in [0.25, 0.3) is 0 Å². The van der Waals surface area contributed by atoms with Crippen LogP contribution in [0.3, 0.4) is 0 Å².